The first kappa shape index (κ1) is 21.2. The minimum absolute atomic E-state index is 0. The first-order valence-electron chi connectivity index (χ1n) is 7.59. The number of amides is 3. The molecule has 0 fully saturated rings. The number of halogens is 1. The molecule has 23 heavy (non-hydrogen) atoms. The number of para-hydroxylation sites is 1. The molecular weight excluding hydrogens is 316 g/mol. The second-order valence-electron chi connectivity index (χ2n) is 5.47. The van der Waals surface area contributed by atoms with E-state index in [9.17, 15) is 9.59 Å². The number of nitrogens with one attached hydrogen (secondary N) is 3. The lowest BCUT2D eigenvalue weighted by Gasteiger charge is -2.27. The van der Waals surface area contributed by atoms with E-state index in [0.29, 0.717) is 12.2 Å². The molecule has 0 aliphatic carbocycles. The number of urea groups is 1. The lowest BCUT2D eigenvalue weighted by molar-refractivity contribution is -0.122. The van der Waals surface area contributed by atoms with Crippen molar-refractivity contribution in [1.29, 1.82) is 0 Å². The van der Waals surface area contributed by atoms with Crippen LogP contribution in [0, 0.1) is 0 Å². The number of rotatable bonds is 7. The third-order valence-corrected chi connectivity index (χ3v) is 3.80. The molecule has 0 spiro atoms. The van der Waals surface area contributed by atoms with Crippen molar-refractivity contribution in [3.8, 4) is 0 Å². The van der Waals surface area contributed by atoms with Crippen molar-refractivity contribution in [3.05, 3.63) is 30.3 Å². The SMILES string of the molecule is CCC(N)(CC)CNC(=O)C(C)NC(=O)Nc1ccccc1.Cl. The van der Waals surface area contributed by atoms with Crippen LogP contribution in [0.3, 0.4) is 0 Å². The number of carbonyl (C=O) groups is 2. The molecule has 6 nitrogen and oxygen atoms in total. The Labute approximate surface area is 144 Å². The maximum absolute atomic E-state index is 12.0. The number of nitrogens with two attached hydrogens (primary N) is 1. The molecule has 130 valence electrons. The molecule has 1 aromatic carbocycles. The fraction of sp³-hybridized carbons (Fsp3) is 0.500. The van der Waals surface area contributed by atoms with Crippen LogP contribution in [0.4, 0.5) is 10.5 Å². The lowest BCUT2D eigenvalue weighted by atomic mass is 9.94. The first-order chi connectivity index (χ1) is 10.4. The molecule has 0 bridgehead atoms. The topological polar surface area (TPSA) is 96.2 Å². The van der Waals surface area contributed by atoms with Crippen molar-refractivity contribution < 1.29 is 9.59 Å². The van der Waals surface area contributed by atoms with Crippen molar-refractivity contribution in [2.24, 2.45) is 5.73 Å². The largest absolute Gasteiger partial charge is 0.352 e. The maximum Gasteiger partial charge on any atom is 0.319 e. The van der Waals surface area contributed by atoms with Gasteiger partial charge in [-0.05, 0) is 31.9 Å². The first-order valence-corrected chi connectivity index (χ1v) is 7.59. The van der Waals surface area contributed by atoms with Crippen LogP contribution in [0.5, 0.6) is 0 Å². The molecule has 0 saturated heterocycles. The molecule has 0 aliphatic heterocycles. The van der Waals surface area contributed by atoms with Gasteiger partial charge in [0.15, 0.2) is 0 Å². The smallest absolute Gasteiger partial charge is 0.319 e. The van der Waals surface area contributed by atoms with Crippen molar-refractivity contribution in [2.45, 2.75) is 45.2 Å². The zero-order chi connectivity index (χ0) is 16.6. The van der Waals surface area contributed by atoms with Crippen LogP contribution in [-0.4, -0.2) is 30.1 Å². The summed E-state index contributed by atoms with van der Waals surface area (Å²) in [6.45, 7) is 6.01. The Hall–Kier alpha value is -1.79. The summed E-state index contributed by atoms with van der Waals surface area (Å²) in [4.78, 5) is 23.8. The highest BCUT2D eigenvalue weighted by molar-refractivity contribution is 5.93. The Kier molecular flexibility index (Phi) is 9.29. The van der Waals surface area contributed by atoms with E-state index >= 15 is 0 Å². The summed E-state index contributed by atoms with van der Waals surface area (Å²) >= 11 is 0. The van der Waals surface area contributed by atoms with Crippen molar-refractivity contribution in [1.82, 2.24) is 10.6 Å². The Morgan fingerprint density at radius 3 is 2.26 bits per heavy atom. The number of hydrogen-bond acceptors (Lipinski definition) is 3. The van der Waals surface area contributed by atoms with Crippen molar-refractivity contribution >= 4 is 30.0 Å². The van der Waals surface area contributed by atoms with Crippen molar-refractivity contribution in [2.75, 3.05) is 11.9 Å². The Morgan fingerprint density at radius 2 is 1.74 bits per heavy atom. The van der Waals surface area contributed by atoms with Crippen LogP contribution in [0.15, 0.2) is 30.3 Å². The Bertz CT molecular complexity index is 492. The molecule has 1 rings (SSSR count). The Balaban J connectivity index is 0.00000484. The maximum atomic E-state index is 12.0. The van der Waals surface area contributed by atoms with Gasteiger partial charge in [0.25, 0.3) is 0 Å². The van der Waals surface area contributed by atoms with E-state index in [1.54, 1.807) is 19.1 Å². The zero-order valence-electron chi connectivity index (χ0n) is 13.9. The van der Waals surface area contributed by atoms with E-state index in [1.165, 1.54) is 0 Å². The molecule has 0 aliphatic rings. The Morgan fingerprint density at radius 1 is 1.17 bits per heavy atom. The van der Waals surface area contributed by atoms with Gasteiger partial charge in [-0.2, -0.15) is 0 Å². The highest BCUT2D eigenvalue weighted by atomic mass is 35.5. The monoisotopic (exact) mass is 342 g/mol. The number of benzene rings is 1. The molecule has 5 N–H and O–H groups in total. The summed E-state index contributed by atoms with van der Waals surface area (Å²) in [6.07, 6.45) is 1.56. The average Bonchev–Trinajstić information content (AvgIpc) is 2.53. The van der Waals surface area contributed by atoms with Crippen LogP contribution in [0.25, 0.3) is 0 Å². The minimum atomic E-state index is -0.637. The number of hydrogen-bond donors (Lipinski definition) is 4. The molecule has 0 heterocycles. The quantitative estimate of drug-likeness (QED) is 0.612. The predicted molar refractivity (Wildman–Crippen MR) is 95.8 cm³/mol. The summed E-state index contributed by atoms with van der Waals surface area (Å²) in [5.41, 5.74) is 6.40. The second-order valence-corrected chi connectivity index (χ2v) is 5.47. The molecule has 0 radical (unpaired) electrons. The molecule has 1 unspecified atom stereocenters. The minimum Gasteiger partial charge on any atom is -0.352 e. The molecule has 0 aromatic heterocycles. The van der Waals surface area contributed by atoms with E-state index in [-0.39, 0.29) is 18.3 Å². The van der Waals surface area contributed by atoms with Gasteiger partial charge in [-0.3, -0.25) is 4.79 Å². The summed E-state index contributed by atoms with van der Waals surface area (Å²) in [7, 11) is 0. The fourth-order valence-electron chi connectivity index (χ4n) is 1.87. The normalized spacial score (nSPS) is 11.8. The van der Waals surface area contributed by atoms with Gasteiger partial charge in [0, 0.05) is 17.8 Å². The summed E-state index contributed by atoms with van der Waals surface area (Å²) in [5.74, 6) is -0.250. The van der Waals surface area contributed by atoms with Crippen LogP contribution in [0.1, 0.15) is 33.6 Å². The number of carbonyl (C=O) groups excluding carboxylic acids is 2. The van der Waals surface area contributed by atoms with Crippen LogP contribution in [0.2, 0.25) is 0 Å². The van der Waals surface area contributed by atoms with E-state index in [0.717, 1.165) is 12.8 Å². The molecule has 3 amide bonds. The van der Waals surface area contributed by atoms with E-state index in [4.69, 9.17) is 5.73 Å². The van der Waals surface area contributed by atoms with Gasteiger partial charge in [-0.15, -0.1) is 12.4 Å². The lowest BCUT2D eigenvalue weighted by Crippen LogP contribution is -2.53. The van der Waals surface area contributed by atoms with Gasteiger partial charge in [-0.1, -0.05) is 32.0 Å². The van der Waals surface area contributed by atoms with E-state index < -0.39 is 17.6 Å². The molecule has 1 atom stereocenters. The van der Waals surface area contributed by atoms with E-state index in [2.05, 4.69) is 16.0 Å². The van der Waals surface area contributed by atoms with Gasteiger partial charge >= 0.3 is 6.03 Å². The van der Waals surface area contributed by atoms with Gasteiger partial charge in [0.05, 0.1) is 0 Å². The summed E-state index contributed by atoms with van der Waals surface area (Å²) in [5, 5.41) is 8.05. The molecule has 0 saturated carbocycles. The molecule has 7 heteroatoms. The van der Waals surface area contributed by atoms with Crippen molar-refractivity contribution in [3.63, 3.8) is 0 Å². The van der Waals surface area contributed by atoms with E-state index in [1.807, 2.05) is 32.0 Å². The predicted octanol–water partition coefficient (Wildman–Crippen LogP) is 2.25. The van der Waals surface area contributed by atoms with Gasteiger partial charge in [-0.25, -0.2) is 4.79 Å². The van der Waals surface area contributed by atoms with Crippen LogP contribution in [-0.2, 0) is 4.79 Å². The highest BCUT2D eigenvalue weighted by Gasteiger charge is 2.23. The third kappa shape index (κ3) is 7.34. The number of anilines is 1. The molecular formula is C16H27ClN4O2. The molecule has 1 aromatic rings. The van der Waals surface area contributed by atoms with Gasteiger partial charge < -0.3 is 21.7 Å². The fourth-order valence-corrected chi connectivity index (χ4v) is 1.87. The highest BCUT2D eigenvalue weighted by Crippen LogP contribution is 2.09. The second kappa shape index (κ2) is 10.1. The van der Waals surface area contributed by atoms with Gasteiger partial charge in [0.1, 0.15) is 6.04 Å². The summed E-state index contributed by atoms with van der Waals surface area (Å²) in [6, 6.07) is 8.00. The standard InChI is InChI=1S/C16H26N4O2.ClH/c1-4-16(17,5-2)11-18-14(21)12(3)19-15(22)20-13-9-7-6-8-10-13;/h6-10,12H,4-5,11,17H2,1-3H3,(H,18,21)(H2,19,20,22);1H. The average molecular weight is 343 g/mol. The van der Waals surface area contributed by atoms with Crippen LogP contribution >= 0.6 is 12.4 Å². The zero-order valence-corrected chi connectivity index (χ0v) is 14.7. The van der Waals surface area contributed by atoms with Crippen LogP contribution < -0.4 is 21.7 Å². The van der Waals surface area contributed by atoms with Gasteiger partial charge in [0.2, 0.25) is 5.91 Å². The summed E-state index contributed by atoms with van der Waals surface area (Å²) < 4.78 is 0. The third-order valence-electron chi connectivity index (χ3n) is 3.80.